The lowest BCUT2D eigenvalue weighted by Crippen LogP contribution is -2.36. The van der Waals surface area contributed by atoms with Crippen molar-refractivity contribution >= 4 is 15.9 Å². The van der Waals surface area contributed by atoms with Gasteiger partial charge in [0.2, 0.25) is 10.0 Å². The number of rotatable bonds is 8. The van der Waals surface area contributed by atoms with E-state index in [1.807, 2.05) is 6.92 Å². The van der Waals surface area contributed by atoms with Crippen LogP contribution in [-0.2, 0) is 14.8 Å². The van der Waals surface area contributed by atoms with Gasteiger partial charge in [-0.2, -0.15) is 4.31 Å². The van der Waals surface area contributed by atoms with Crippen LogP contribution in [0.4, 0.5) is 0 Å². The Balaban J connectivity index is 2.96. The van der Waals surface area contributed by atoms with Gasteiger partial charge in [0.25, 0.3) is 0 Å². The molecule has 1 aromatic rings. The van der Waals surface area contributed by atoms with Gasteiger partial charge < -0.3 is 15.7 Å². The third-order valence-corrected chi connectivity index (χ3v) is 4.86. The first kappa shape index (κ1) is 17.4. The van der Waals surface area contributed by atoms with Crippen LogP contribution in [0.5, 0.6) is 0 Å². The fourth-order valence-electron chi connectivity index (χ4n) is 1.69. The van der Waals surface area contributed by atoms with Gasteiger partial charge in [0, 0.05) is 26.6 Å². The molecule has 0 aliphatic carbocycles. The molecule has 1 rings (SSSR count). The Kier molecular flexibility index (Phi) is 6.60. The van der Waals surface area contributed by atoms with Crippen LogP contribution in [0, 0.1) is 6.92 Å². The fraction of sp³-hybridized carbons (Fsp3) is 0.462. The van der Waals surface area contributed by atoms with Crippen molar-refractivity contribution in [1.29, 1.82) is 0 Å². The Labute approximate surface area is 125 Å². The summed E-state index contributed by atoms with van der Waals surface area (Å²) in [5, 5.41) is 11.4. The summed E-state index contributed by atoms with van der Waals surface area (Å²) in [6.07, 6.45) is 0.144. The van der Waals surface area contributed by atoms with Crippen molar-refractivity contribution in [2.75, 3.05) is 26.8 Å². The summed E-state index contributed by atoms with van der Waals surface area (Å²) in [6, 6.07) is 6.61. The van der Waals surface area contributed by atoms with Crippen LogP contribution in [0.15, 0.2) is 34.3 Å². The summed E-state index contributed by atoms with van der Waals surface area (Å²) in [4.78, 5) is 0.212. The molecule has 0 atom stereocenters. The zero-order chi connectivity index (χ0) is 15.9. The zero-order valence-corrected chi connectivity index (χ0v) is 13.0. The maximum absolute atomic E-state index is 12.6. The number of benzene rings is 1. The highest BCUT2D eigenvalue weighted by Crippen LogP contribution is 2.16. The predicted octanol–water partition coefficient (Wildman–Crippen LogP) is 0.769. The maximum atomic E-state index is 12.6. The molecule has 0 fully saturated rings. The van der Waals surface area contributed by atoms with Crippen LogP contribution in [0.2, 0.25) is 0 Å². The van der Waals surface area contributed by atoms with Crippen LogP contribution in [0.1, 0.15) is 12.0 Å². The Morgan fingerprint density at radius 3 is 2.48 bits per heavy atom. The van der Waals surface area contributed by atoms with Gasteiger partial charge in [0.15, 0.2) is 0 Å². The summed E-state index contributed by atoms with van der Waals surface area (Å²) in [7, 11) is -2.13. The fourth-order valence-corrected chi connectivity index (χ4v) is 3.12. The largest absolute Gasteiger partial charge is 0.409 e. The van der Waals surface area contributed by atoms with Crippen LogP contribution in [0.25, 0.3) is 0 Å². The molecule has 21 heavy (non-hydrogen) atoms. The standard InChI is InChI=1S/C13H21N3O4S/c1-11-3-5-12(6-4-11)21(18,19)16(9-10-20-2)8-7-13(14)15-17/h3-6,17H,7-10H2,1-2H3,(H2,14,15). The number of amidine groups is 1. The Hall–Kier alpha value is -1.64. The smallest absolute Gasteiger partial charge is 0.243 e. The normalized spacial score (nSPS) is 12.8. The van der Waals surface area contributed by atoms with Crippen molar-refractivity contribution < 1.29 is 18.4 Å². The minimum atomic E-state index is -3.63. The summed E-state index contributed by atoms with van der Waals surface area (Å²) >= 11 is 0. The molecule has 0 heterocycles. The zero-order valence-electron chi connectivity index (χ0n) is 12.2. The van der Waals surface area contributed by atoms with E-state index in [0.717, 1.165) is 5.56 Å². The molecule has 0 radical (unpaired) electrons. The van der Waals surface area contributed by atoms with Gasteiger partial charge >= 0.3 is 0 Å². The van der Waals surface area contributed by atoms with E-state index in [1.54, 1.807) is 24.3 Å². The highest BCUT2D eigenvalue weighted by molar-refractivity contribution is 7.89. The molecule has 7 nitrogen and oxygen atoms in total. The average Bonchev–Trinajstić information content (AvgIpc) is 2.47. The number of aryl methyl sites for hydroxylation is 1. The number of hydrogen-bond acceptors (Lipinski definition) is 5. The molecule has 3 N–H and O–H groups in total. The summed E-state index contributed by atoms with van der Waals surface area (Å²) in [5.41, 5.74) is 6.38. The second-order valence-corrected chi connectivity index (χ2v) is 6.49. The van der Waals surface area contributed by atoms with Gasteiger partial charge in [-0.1, -0.05) is 22.9 Å². The molecule has 8 heteroatoms. The van der Waals surface area contributed by atoms with Crippen LogP contribution >= 0.6 is 0 Å². The number of oxime groups is 1. The molecule has 1 aromatic carbocycles. The van der Waals surface area contributed by atoms with Crippen molar-refractivity contribution in [1.82, 2.24) is 4.31 Å². The molecule has 0 saturated heterocycles. The number of ether oxygens (including phenoxy) is 1. The van der Waals surface area contributed by atoms with E-state index in [-0.39, 0.29) is 36.8 Å². The van der Waals surface area contributed by atoms with Crippen molar-refractivity contribution in [3.63, 3.8) is 0 Å². The molecular formula is C13H21N3O4S. The number of nitrogens with two attached hydrogens (primary N) is 1. The van der Waals surface area contributed by atoms with Gasteiger partial charge in [0.05, 0.1) is 11.5 Å². The minimum absolute atomic E-state index is 0.0171. The second kappa shape index (κ2) is 7.96. The molecule has 0 amide bonds. The van der Waals surface area contributed by atoms with Crippen molar-refractivity contribution in [2.24, 2.45) is 10.9 Å². The third-order valence-electron chi connectivity index (χ3n) is 2.95. The van der Waals surface area contributed by atoms with Gasteiger partial charge in [-0.05, 0) is 19.1 Å². The average molecular weight is 315 g/mol. The topological polar surface area (TPSA) is 105 Å². The van der Waals surface area contributed by atoms with Crippen LogP contribution in [-0.4, -0.2) is 50.6 Å². The van der Waals surface area contributed by atoms with E-state index >= 15 is 0 Å². The Morgan fingerprint density at radius 2 is 1.95 bits per heavy atom. The number of hydrogen-bond donors (Lipinski definition) is 2. The minimum Gasteiger partial charge on any atom is -0.409 e. The highest BCUT2D eigenvalue weighted by Gasteiger charge is 2.24. The second-order valence-electron chi connectivity index (χ2n) is 4.55. The van der Waals surface area contributed by atoms with Gasteiger partial charge in [-0.15, -0.1) is 0 Å². The highest BCUT2D eigenvalue weighted by atomic mass is 32.2. The van der Waals surface area contributed by atoms with Crippen LogP contribution < -0.4 is 5.73 Å². The molecule has 0 spiro atoms. The van der Waals surface area contributed by atoms with Crippen molar-refractivity contribution in [3.8, 4) is 0 Å². The van der Waals surface area contributed by atoms with E-state index in [1.165, 1.54) is 11.4 Å². The first-order valence-electron chi connectivity index (χ1n) is 6.44. The van der Waals surface area contributed by atoms with Gasteiger partial charge in [0.1, 0.15) is 5.84 Å². The van der Waals surface area contributed by atoms with E-state index < -0.39 is 10.0 Å². The van der Waals surface area contributed by atoms with E-state index in [2.05, 4.69) is 5.16 Å². The first-order chi connectivity index (χ1) is 9.91. The summed E-state index contributed by atoms with van der Waals surface area (Å²) in [6.45, 7) is 2.47. The molecule has 0 aliphatic rings. The number of methoxy groups -OCH3 is 1. The molecule has 118 valence electrons. The lowest BCUT2D eigenvalue weighted by Gasteiger charge is -2.21. The molecule has 0 aliphatic heterocycles. The van der Waals surface area contributed by atoms with E-state index in [9.17, 15) is 8.42 Å². The lowest BCUT2D eigenvalue weighted by molar-refractivity contribution is 0.179. The Morgan fingerprint density at radius 1 is 1.33 bits per heavy atom. The van der Waals surface area contributed by atoms with Crippen LogP contribution in [0.3, 0.4) is 0 Å². The molecule has 0 bridgehead atoms. The Bertz CT molecular complexity index is 570. The van der Waals surface area contributed by atoms with Gasteiger partial charge in [-0.25, -0.2) is 8.42 Å². The summed E-state index contributed by atoms with van der Waals surface area (Å²) in [5.74, 6) is -0.0171. The van der Waals surface area contributed by atoms with Crippen molar-refractivity contribution in [2.45, 2.75) is 18.2 Å². The third kappa shape index (κ3) is 5.00. The van der Waals surface area contributed by atoms with E-state index in [4.69, 9.17) is 15.7 Å². The monoisotopic (exact) mass is 315 g/mol. The SMILES string of the molecule is COCCN(CCC(N)=NO)S(=O)(=O)c1ccc(C)cc1. The molecule has 0 aromatic heterocycles. The molecular weight excluding hydrogens is 294 g/mol. The number of sulfonamides is 1. The lowest BCUT2D eigenvalue weighted by atomic mass is 10.2. The molecule has 0 saturated carbocycles. The summed E-state index contributed by atoms with van der Waals surface area (Å²) < 4.78 is 31.4. The quantitative estimate of drug-likeness (QED) is 0.319. The van der Waals surface area contributed by atoms with Crippen molar-refractivity contribution in [3.05, 3.63) is 29.8 Å². The predicted molar refractivity (Wildman–Crippen MR) is 79.8 cm³/mol. The molecule has 0 unspecified atom stereocenters. The van der Waals surface area contributed by atoms with Gasteiger partial charge in [-0.3, -0.25) is 0 Å². The number of nitrogens with zero attached hydrogens (tertiary/aromatic N) is 2. The van der Waals surface area contributed by atoms with E-state index in [0.29, 0.717) is 0 Å². The first-order valence-corrected chi connectivity index (χ1v) is 7.88. The maximum Gasteiger partial charge on any atom is 0.243 e.